The van der Waals surface area contributed by atoms with Crippen molar-refractivity contribution in [3.63, 3.8) is 0 Å². The molecule has 0 saturated heterocycles. The number of nitro benzene ring substituents is 1. The number of halogens is 1. The number of hydrogen-bond acceptors (Lipinski definition) is 6. The van der Waals surface area contributed by atoms with Gasteiger partial charge in [-0.2, -0.15) is 4.39 Å². The lowest BCUT2D eigenvalue weighted by Crippen LogP contribution is -2.34. The zero-order valence-electron chi connectivity index (χ0n) is 10.4. The predicted octanol–water partition coefficient (Wildman–Crippen LogP) is 0.0195. The van der Waals surface area contributed by atoms with Crippen LogP contribution in [0.25, 0.3) is 0 Å². The Labute approximate surface area is 114 Å². The molecule has 0 aliphatic carbocycles. The number of nitro groups is 1. The number of aliphatic hydroxyl groups is 1. The molecule has 1 aromatic carbocycles. The van der Waals surface area contributed by atoms with Gasteiger partial charge in [-0.05, 0) is 12.1 Å². The number of hydrogen-bond donors (Lipinski definition) is 2. The molecule has 0 fully saturated rings. The van der Waals surface area contributed by atoms with Crippen molar-refractivity contribution < 1.29 is 27.6 Å². The van der Waals surface area contributed by atoms with Gasteiger partial charge >= 0.3 is 5.69 Å². The molecule has 10 heteroatoms. The first-order valence-corrected chi connectivity index (χ1v) is 6.87. The van der Waals surface area contributed by atoms with E-state index in [1.807, 2.05) is 4.72 Å². The Hall–Kier alpha value is -1.62. The Morgan fingerprint density at radius 1 is 1.55 bits per heavy atom. The van der Waals surface area contributed by atoms with E-state index < -0.39 is 44.0 Å². The summed E-state index contributed by atoms with van der Waals surface area (Å²) in [6.45, 7) is -0.530. The van der Waals surface area contributed by atoms with Crippen LogP contribution >= 0.6 is 0 Å². The molecule has 20 heavy (non-hydrogen) atoms. The monoisotopic (exact) mass is 308 g/mol. The lowest BCUT2D eigenvalue weighted by atomic mass is 10.3. The van der Waals surface area contributed by atoms with Gasteiger partial charge in [0.25, 0.3) is 0 Å². The second-order valence-corrected chi connectivity index (χ2v) is 5.54. The van der Waals surface area contributed by atoms with Gasteiger partial charge in [-0.15, -0.1) is 0 Å². The molecule has 1 atom stereocenters. The zero-order valence-corrected chi connectivity index (χ0v) is 11.3. The lowest BCUT2D eigenvalue weighted by molar-refractivity contribution is -0.390. The SMILES string of the molecule is COCC(O)CNS(=O)(=O)c1cccc(F)c1[N+](=O)[O-]. The molecule has 0 radical (unpaired) electrons. The van der Waals surface area contributed by atoms with E-state index in [9.17, 15) is 28.0 Å². The highest BCUT2D eigenvalue weighted by molar-refractivity contribution is 7.89. The van der Waals surface area contributed by atoms with Gasteiger partial charge in [-0.3, -0.25) is 10.1 Å². The van der Waals surface area contributed by atoms with Crippen molar-refractivity contribution in [1.82, 2.24) is 4.72 Å². The van der Waals surface area contributed by atoms with E-state index in [-0.39, 0.29) is 6.61 Å². The van der Waals surface area contributed by atoms with Crippen LogP contribution < -0.4 is 4.72 Å². The summed E-state index contributed by atoms with van der Waals surface area (Å²) >= 11 is 0. The standard InChI is InChI=1S/C10H13FN2O6S/c1-19-6-7(14)5-12-20(17,18)9-4-2-3-8(11)10(9)13(15)16/h2-4,7,12,14H,5-6H2,1H3. The molecule has 0 spiro atoms. The summed E-state index contributed by atoms with van der Waals surface area (Å²) in [6.07, 6.45) is -1.12. The van der Waals surface area contributed by atoms with Gasteiger partial charge in [-0.25, -0.2) is 13.1 Å². The number of methoxy groups -OCH3 is 1. The van der Waals surface area contributed by atoms with E-state index >= 15 is 0 Å². The van der Waals surface area contributed by atoms with Crippen LogP contribution in [-0.4, -0.2) is 44.8 Å². The summed E-state index contributed by atoms with van der Waals surface area (Å²) in [4.78, 5) is 8.82. The van der Waals surface area contributed by atoms with Crippen LogP contribution in [0, 0.1) is 15.9 Å². The fraction of sp³-hybridized carbons (Fsp3) is 0.400. The summed E-state index contributed by atoms with van der Waals surface area (Å²) in [6, 6.07) is 2.74. The number of para-hydroxylation sites is 1. The summed E-state index contributed by atoms with van der Waals surface area (Å²) in [7, 11) is -3.00. The fourth-order valence-electron chi connectivity index (χ4n) is 1.42. The van der Waals surface area contributed by atoms with Crippen molar-refractivity contribution in [1.29, 1.82) is 0 Å². The fourth-order valence-corrected chi connectivity index (χ4v) is 2.68. The molecule has 0 aliphatic rings. The molecule has 0 bridgehead atoms. The largest absolute Gasteiger partial charge is 0.389 e. The zero-order chi connectivity index (χ0) is 15.3. The van der Waals surface area contributed by atoms with Crippen LogP contribution in [0.3, 0.4) is 0 Å². The highest BCUT2D eigenvalue weighted by Crippen LogP contribution is 2.26. The minimum Gasteiger partial charge on any atom is -0.389 e. The molecule has 8 nitrogen and oxygen atoms in total. The maximum atomic E-state index is 13.3. The van der Waals surface area contributed by atoms with Crippen LogP contribution in [0.2, 0.25) is 0 Å². The molecule has 1 unspecified atom stereocenters. The van der Waals surface area contributed by atoms with Gasteiger partial charge in [-0.1, -0.05) is 6.07 Å². The first-order chi connectivity index (χ1) is 9.29. The van der Waals surface area contributed by atoms with Gasteiger partial charge in [0, 0.05) is 13.7 Å². The normalized spacial score (nSPS) is 13.2. The molecule has 0 amide bonds. The maximum absolute atomic E-state index is 13.3. The molecular formula is C10H13FN2O6S. The van der Waals surface area contributed by atoms with Crippen molar-refractivity contribution in [2.75, 3.05) is 20.3 Å². The highest BCUT2D eigenvalue weighted by atomic mass is 32.2. The van der Waals surface area contributed by atoms with Gasteiger partial charge in [0.1, 0.15) is 0 Å². The first-order valence-electron chi connectivity index (χ1n) is 5.39. The lowest BCUT2D eigenvalue weighted by Gasteiger charge is -2.11. The van der Waals surface area contributed by atoms with Crippen molar-refractivity contribution in [2.24, 2.45) is 0 Å². The van der Waals surface area contributed by atoms with Crippen LogP contribution in [0.15, 0.2) is 23.1 Å². The summed E-state index contributed by atoms with van der Waals surface area (Å²) in [5.74, 6) is -1.25. The summed E-state index contributed by atoms with van der Waals surface area (Å²) in [5.41, 5.74) is -1.14. The molecule has 1 rings (SSSR count). The third-order valence-corrected chi connectivity index (χ3v) is 3.75. The van der Waals surface area contributed by atoms with Crippen LogP contribution in [-0.2, 0) is 14.8 Å². The van der Waals surface area contributed by atoms with Crippen molar-refractivity contribution >= 4 is 15.7 Å². The Morgan fingerprint density at radius 2 is 2.20 bits per heavy atom. The highest BCUT2D eigenvalue weighted by Gasteiger charge is 2.29. The number of sulfonamides is 1. The molecule has 112 valence electrons. The minimum atomic E-state index is -4.32. The Bertz CT molecular complexity index is 591. The number of aliphatic hydroxyl groups excluding tert-OH is 1. The van der Waals surface area contributed by atoms with E-state index in [0.717, 1.165) is 18.2 Å². The van der Waals surface area contributed by atoms with Crippen molar-refractivity contribution in [3.8, 4) is 0 Å². The van der Waals surface area contributed by atoms with Crippen molar-refractivity contribution in [3.05, 3.63) is 34.1 Å². The average molecular weight is 308 g/mol. The predicted molar refractivity (Wildman–Crippen MR) is 66.1 cm³/mol. The van der Waals surface area contributed by atoms with Crippen LogP contribution in [0.5, 0.6) is 0 Å². The van der Waals surface area contributed by atoms with E-state index in [0.29, 0.717) is 0 Å². The number of rotatable bonds is 7. The average Bonchev–Trinajstić information content (AvgIpc) is 2.36. The van der Waals surface area contributed by atoms with Crippen molar-refractivity contribution in [2.45, 2.75) is 11.0 Å². The summed E-state index contributed by atoms with van der Waals surface area (Å²) < 4.78 is 43.7. The first kappa shape index (κ1) is 16.4. The smallest absolute Gasteiger partial charge is 0.324 e. The Balaban J connectivity index is 3.04. The third kappa shape index (κ3) is 3.93. The van der Waals surface area contributed by atoms with E-state index in [1.54, 1.807) is 0 Å². The van der Waals surface area contributed by atoms with E-state index in [4.69, 9.17) is 0 Å². The van der Waals surface area contributed by atoms with Gasteiger partial charge in [0.15, 0.2) is 4.90 Å². The number of nitrogens with zero attached hydrogens (tertiary/aromatic N) is 1. The maximum Gasteiger partial charge on any atom is 0.324 e. The number of nitrogens with one attached hydrogen (secondary N) is 1. The summed E-state index contributed by atoms with van der Waals surface area (Å²) in [5, 5.41) is 20.1. The molecular weight excluding hydrogens is 295 g/mol. The molecule has 0 aliphatic heterocycles. The van der Waals surface area contributed by atoms with Gasteiger partial charge < -0.3 is 9.84 Å². The van der Waals surface area contributed by atoms with Gasteiger partial charge in [0.05, 0.1) is 17.6 Å². The second kappa shape index (κ2) is 6.70. The molecule has 1 aromatic rings. The molecule has 0 aromatic heterocycles. The second-order valence-electron chi connectivity index (χ2n) is 3.80. The minimum absolute atomic E-state index is 0.117. The topological polar surface area (TPSA) is 119 Å². The van der Waals surface area contributed by atoms with Gasteiger partial charge in [0.2, 0.25) is 15.8 Å². The molecule has 0 heterocycles. The third-order valence-electron chi connectivity index (χ3n) is 2.29. The van der Waals surface area contributed by atoms with E-state index in [1.165, 1.54) is 7.11 Å². The number of ether oxygens (including phenoxy) is 1. The quantitative estimate of drug-likeness (QED) is 0.541. The van der Waals surface area contributed by atoms with E-state index in [2.05, 4.69) is 4.74 Å². The molecule has 2 N–H and O–H groups in total. The van der Waals surface area contributed by atoms with Crippen LogP contribution in [0.1, 0.15) is 0 Å². The molecule has 0 saturated carbocycles. The Morgan fingerprint density at radius 3 is 2.75 bits per heavy atom. The number of benzene rings is 1. The Kier molecular flexibility index (Phi) is 5.51. The van der Waals surface area contributed by atoms with Crippen LogP contribution in [0.4, 0.5) is 10.1 Å².